The molecule has 0 aliphatic carbocycles. The first-order valence-electron chi connectivity index (χ1n) is 46.4. The number of para-hydroxylation sites is 1. The smallest absolute Gasteiger partial charge is 0.419 e. The van der Waals surface area contributed by atoms with Crippen molar-refractivity contribution in [2.24, 2.45) is 23.5 Å². The third kappa shape index (κ3) is 31.8. The van der Waals surface area contributed by atoms with Gasteiger partial charge in [-0.2, -0.15) is 0 Å². The number of guanidine groups is 2. The molecule has 0 radical (unpaired) electrons. The molecular formula is C96H142N18O22S2. The Bertz CT molecular complexity index is 5630. The van der Waals surface area contributed by atoms with E-state index in [1.54, 1.807) is 179 Å². The fourth-order valence-corrected chi connectivity index (χ4v) is 19.3. The number of hydrogen-bond acceptors (Lipinski definition) is 24. The molecule has 10 amide bonds. The second-order valence-corrected chi connectivity index (χ2v) is 42.7. The molecule has 0 spiro atoms. The molecule has 2 aliphatic rings. The first-order valence-corrected chi connectivity index (χ1v) is 49.4. The minimum absolute atomic E-state index is 0.0256. The van der Waals surface area contributed by atoms with Crippen LogP contribution < -0.4 is 88.5 Å². The van der Waals surface area contributed by atoms with Crippen molar-refractivity contribution < 1.29 is 103 Å². The molecule has 2 aliphatic heterocycles. The van der Waals surface area contributed by atoms with Crippen molar-refractivity contribution in [3.05, 3.63) is 116 Å². The van der Waals surface area contributed by atoms with E-state index < -0.39 is 211 Å². The van der Waals surface area contributed by atoms with Gasteiger partial charge in [-0.1, -0.05) is 96.5 Å². The zero-order valence-electron chi connectivity index (χ0n) is 83.4. The Balaban J connectivity index is 1.13. The van der Waals surface area contributed by atoms with Crippen LogP contribution in [-0.4, -0.2) is 218 Å². The minimum Gasteiger partial charge on any atom is -0.487 e. The molecule has 0 saturated heterocycles. The average Bonchev–Trinajstić information content (AvgIpc) is 1.56. The highest BCUT2D eigenvalue weighted by Gasteiger charge is 2.42. The van der Waals surface area contributed by atoms with Gasteiger partial charge in [-0.05, 0) is 225 Å². The molecule has 1 aromatic heterocycles. The van der Waals surface area contributed by atoms with Gasteiger partial charge in [-0.15, -0.1) is 0 Å². The summed E-state index contributed by atoms with van der Waals surface area (Å²) in [6, 6.07) is 2.10. The fourth-order valence-electron chi connectivity index (χ4n) is 16.2. The molecule has 3 heterocycles. The van der Waals surface area contributed by atoms with Gasteiger partial charge in [0.15, 0.2) is 0 Å². The van der Waals surface area contributed by atoms with E-state index in [0.29, 0.717) is 91.7 Å². The Morgan fingerprint density at radius 2 is 0.957 bits per heavy atom. The number of nitrogens with zero attached hydrogens (tertiary/aromatic N) is 1. The number of carboxylic acid groups (broad SMARTS) is 1. The number of aromatic nitrogens is 1. The molecule has 0 fully saturated rings. The lowest BCUT2D eigenvalue weighted by molar-refractivity contribution is -0.155. The molecule has 19 N–H and O–H groups in total. The van der Waals surface area contributed by atoms with Crippen LogP contribution in [0.4, 0.5) is 4.79 Å². The van der Waals surface area contributed by atoms with Crippen molar-refractivity contribution in [2.45, 2.75) is 323 Å². The number of fused-ring (bicyclic) bond motifs is 3. The monoisotopic (exact) mass is 1960 g/mol. The second-order valence-electron chi connectivity index (χ2n) is 39.5. The normalized spacial score (nSPS) is 15.4. The number of rotatable bonds is 45. The number of esters is 1. The van der Waals surface area contributed by atoms with Crippen LogP contribution in [0, 0.1) is 70.1 Å². The van der Waals surface area contributed by atoms with Gasteiger partial charge in [0.2, 0.25) is 71.0 Å². The van der Waals surface area contributed by atoms with Gasteiger partial charge in [-0.3, -0.25) is 72.9 Å². The highest BCUT2D eigenvalue weighted by molar-refractivity contribution is 7.90. The van der Waals surface area contributed by atoms with E-state index in [-0.39, 0.29) is 86.6 Å². The maximum atomic E-state index is 15.4. The largest absolute Gasteiger partial charge is 0.487 e. The highest BCUT2D eigenvalue weighted by atomic mass is 32.2. The molecule has 4 aromatic carbocycles. The summed E-state index contributed by atoms with van der Waals surface area (Å²) >= 11 is 0. The summed E-state index contributed by atoms with van der Waals surface area (Å²) in [4.78, 5) is 184. The summed E-state index contributed by atoms with van der Waals surface area (Å²) < 4.78 is 85.6. The number of amides is 10. The van der Waals surface area contributed by atoms with E-state index in [4.69, 9.17) is 35.5 Å². The Morgan fingerprint density at radius 3 is 1.46 bits per heavy atom. The molecule has 0 saturated carbocycles. The van der Waals surface area contributed by atoms with Crippen LogP contribution in [0.1, 0.15) is 225 Å². The fraction of sp³-hybridized carbons (Fsp3) is 0.573. The average molecular weight is 1960 g/mol. The van der Waals surface area contributed by atoms with Crippen LogP contribution >= 0.6 is 0 Å². The van der Waals surface area contributed by atoms with E-state index in [1.165, 1.54) is 17.7 Å². The number of nitrogens with one attached hydrogen (secondary N) is 16. The summed E-state index contributed by atoms with van der Waals surface area (Å²) in [7, 11) is -8.81. The molecule has 10 atom stereocenters. The standard InChI is InChI=1S/C96H142N18O22S2/c1-24-52(6)76(111-87(125)69(43-60-32-26-25-27-33-60)108-82(120)65(97)38-39-74(118)133-93(14,15)16)89(127)104-59(13)81(119)107-70(44-61-49-114(92(128)136-94(17,18)19)71-37-29-28-34-62(61)71)85(123)109-68(42-50(2)3)86(124)110-75(51(4)5)88(126)106-67(36-31-41-101-91(99)113-138(131,132)80-56(10)54(8)78-64(58(80)12)46-96(22,23)135-78)84(122)102-47-72(115)105-66(83(121)103-48-73(116)117)35-30-40-100-90(98)112-137(129,130)79-55(9)53(7)77-63(57(79)11)45-95(20,21)134-77/h25-29,32-34,37,49-52,59,65-70,75-76H,24,30-31,35-36,38-48,97H2,1-23H3,(H,102,122)(H,103,121)(H,104,127)(H,105,115)(H,106,126)(H,107,119)(H,108,120)(H,109,123)(H,110,124)(H,111,125)(H,116,117)(H3,98,100,112)(H3,99,101,113)/t52-,59-,65-,66-,67-,68-,69-,70-,75-,76-/m0/s1. The van der Waals surface area contributed by atoms with Gasteiger partial charge in [0.25, 0.3) is 20.0 Å². The summed E-state index contributed by atoms with van der Waals surface area (Å²) in [5, 5.41) is 58.8. The Labute approximate surface area is 808 Å². The van der Waals surface area contributed by atoms with Crippen molar-refractivity contribution in [1.82, 2.24) is 77.8 Å². The lowest BCUT2D eigenvalue weighted by Crippen LogP contribution is -2.61. The summed E-state index contributed by atoms with van der Waals surface area (Å²) in [6.07, 6.45) is 0.200. The zero-order valence-corrected chi connectivity index (χ0v) is 85.0. The van der Waals surface area contributed by atoms with Gasteiger partial charge >= 0.3 is 18.0 Å². The number of nitrogens with two attached hydrogens (primary N) is 1. The number of aliphatic carboxylic acids is 1. The van der Waals surface area contributed by atoms with Crippen molar-refractivity contribution in [2.75, 3.05) is 26.2 Å². The van der Waals surface area contributed by atoms with Crippen LogP contribution in [0.3, 0.4) is 0 Å². The van der Waals surface area contributed by atoms with E-state index in [9.17, 15) is 69.9 Å². The lowest BCUT2D eigenvalue weighted by Gasteiger charge is -2.29. The molecule has 0 bridgehead atoms. The van der Waals surface area contributed by atoms with Crippen LogP contribution in [0.25, 0.3) is 10.9 Å². The van der Waals surface area contributed by atoms with Crippen molar-refractivity contribution >= 4 is 120 Å². The third-order valence-electron chi connectivity index (χ3n) is 23.6. The Morgan fingerprint density at radius 1 is 0.507 bits per heavy atom. The third-order valence-corrected chi connectivity index (χ3v) is 26.8. The number of sulfonamides is 2. The topological polar surface area (TPSA) is 594 Å². The predicted octanol–water partition coefficient (Wildman–Crippen LogP) is 5.47. The predicted molar refractivity (Wildman–Crippen MR) is 518 cm³/mol. The number of carbonyl (C=O) groups excluding carboxylic acids is 12. The number of ether oxygens (including phenoxy) is 4. The van der Waals surface area contributed by atoms with Crippen LogP contribution in [0.2, 0.25) is 0 Å². The molecule has 0 unspecified atom stereocenters. The molecule has 138 heavy (non-hydrogen) atoms. The van der Waals surface area contributed by atoms with E-state index in [1.807, 2.05) is 27.7 Å². The van der Waals surface area contributed by atoms with Crippen LogP contribution in [-0.2, 0) is 113 Å². The second kappa shape index (κ2) is 47.7. The molecule has 42 heteroatoms. The van der Waals surface area contributed by atoms with Crippen LogP contribution in [0.15, 0.2) is 70.6 Å². The summed E-state index contributed by atoms with van der Waals surface area (Å²) in [6.45, 7) is 36.9. The van der Waals surface area contributed by atoms with Crippen LogP contribution in [0.5, 0.6) is 11.5 Å². The van der Waals surface area contributed by atoms with E-state index in [0.717, 1.165) is 5.56 Å². The first-order chi connectivity index (χ1) is 64.0. The minimum atomic E-state index is -4.44. The Hall–Kier alpha value is -12.5. The molecule has 760 valence electrons. The maximum Gasteiger partial charge on any atom is 0.419 e. The first kappa shape index (κ1) is 113. The number of hydrogen-bond donors (Lipinski definition) is 18. The van der Waals surface area contributed by atoms with Crippen molar-refractivity contribution in [1.29, 1.82) is 10.8 Å². The van der Waals surface area contributed by atoms with Gasteiger partial charge in [0.05, 0.1) is 27.9 Å². The van der Waals surface area contributed by atoms with Gasteiger partial charge in [0, 0.05) is 67.9 Å². The molecule has 7 rings (SSSR count). The van der Waals surface area contributed by atoms with E-state index in [2.05, 4.69) is 73.2 Å². The Kier molecular flexibility index (Phi) is 38.9. The van der Waals surface area contributed by atoms with E-state index >= 15 is 14.4 Å². The highest BCUT2D eigenvalue weighted by Crippen LogP contribution is 2.46. The van der Waals surface area contributed by atoms with Crippen molar-refractivity contribution in [3.8, 4) is 11.5 Å². The summed E-state index contributed by atoms with van der Waals surface area (Å²) in [5.74, 6) is -13.2. The molecular weight excluding hydrogens is 1820 g/mol. The zero-order chi connectivity index (χ0) is 104. The van der Waals surface area contributed by atoms with Crippen molar-refractivity contribution in [3.63, 3.8) is 0 Å². The summed E-state index contributed by atoms with van der Waals surface area (Å²) in [5.41, 5.74) is 8.95. The number of carbonyl (C=O) groups is 13. The number of carboxylic acids is 1. The van der Waals surface area contributed by atoms with Gasteiger partial charge in [-0.25, -0.2) is 31.1 Å². The maximum absolute atomic E-state index is 15.4. The number of benzene rings is 4. The molecule has 40 nitrogen and oxygen atoms in total. The molecule has 5 aromatic rings. The van der Waals surface area contributed by atoms with Gasteiger partial charge in [0.1, 0.15) is 88.8 Å². The SMILES string of the molecule is CC[C@H](C)[C@H](NC(=O)[C@H](Cc1ccccc1)NC(=O)[C@@H](N)CCC(=O)OC(C)(C)C)C(=O)N[C@@H](C)C(=O)N[C@@H](Cc1cn(C(=O)OC(C)(C)C)c2ccccc12)C(=O)N[C@@H](CC(C)C)C(=O)N[C@H](C(=O)N[C@@H](CCCNC(=N)NS(=O)(=O)c1c(C)c(C)c2c(c1C)CC(C)(C)O2)C(=O)NCC(=O)N[C@@H](CCCNC(=N)NS(=O)(=O)c1c(C)c(C)c2c(c1C)CC(C)(C)O2)C(=O)NCC(=O)O)C(C)C. The quantitative estimate of drug-likeness (QED) is 0.00994. The lowest BCUT2D eigenvalue weighted by atomic mass is 9.94. The van der Waals surface area contributed by atoms with Gasteiger partial charge < -0.3 is 93.6 Å².